The molecule has 0 spiro atoms. The van der Waals surface area contributed by atoms with Gasteiger partial charge in [0.2, 0.25) is 5.91 Å². The van der Waals surface area contributed by atoms with Crippen molar-refractivity contribution in [1.29, 1.82) is 0 Å². The van der Waals surface area contributed by atoms with E-state index in [0.717, 1.165) is 31.7 Å². The number of carbonyl (C=O) groups is 2. The third-order valence-corrected chi connectivity index (χ3v) is 5.23. The molecule has 25 heavy (non-hydrogen) atoms. The third-order valence-electron chi connectivity index (χ3n) is 4.86. The molecule has 3 rings (SSSR count). The van der Waals surface area contributed by atoms with Crippen LogP contribution in [0.25, 0.3) is 0 Å². The zero-order valence-electron chi connectivity index (χ0n) is 14.6. The maximum Gasteiger partial charge on any atom is 0.319 e. The average Bonchev–Trinajstić information content (AvgIpc) is 2.96. The van der Waals surface area contributed by atoms with Crippen LogP contribution in [0.1, 0.15) is 12.0 Å². The monoisotopic (exact) mass is 364 g/mol. The molecule has 0 radical (unpaired) electrons. The first-order valence-corrected chi connectivity index (χ1v) is 9.14. The Morgan fingerprint density at radius 1 is 1.32 bits per heavy atom. The highest BCUT2D eigenvalue weighted by Gasteiger charge is 2.32. The van der Waals surface area contributed by atoms with E-state index in [1.165, 1.54) is 0 Å². The molecule has 0 aromatic heterocycles. The molecule has 2 fully saturated rings. The SMILES string of the molecule is CN(CC1CC(=O)N(Cc2ccccc2Cl)C1)C(=O)N1CCNCC1. The fourth-order valence-electron chi connectivity index (χ4n) is 3.52. The van der Waals surface area contributed by atoms with Crippen LogP contribution < -0.4 is 5.32 Å². The molecule has 1 unspecified atom stereocenters. The van der Waals surface area contributed by atoms with Crippen LogP contribution in [0.4, 0.5) is 4.79 Å². The molecule has 0 bridgehead atoms. The number of urea groups is 1. The van der Waals surface area contributed by atoms with Gasteiger partial charge in [0.1, 0.15) is 0 Å². The number of hydrogen-bond donors (Lipinski definition) is 1. The first-order chi connectivity index (χ1) is 12.0. The van der Waals surface area contributed by atoms with Crippen molar-refractivity contribution in [3.05, 3.63) is 34.9 Å². The Labute approximate surface area is 153 Å². The largest absolute Gasteiger partial charge is 0.338 e. The molecular weight excluding hydrogens is 340 g/mol. The fraction of sp³-hybridized carbons (Fsp3) is 0.556. The molecule has 136 valence electrons. The summed E-state index contributed by atoms with van der Waals surface area (Å²) in [5.74, 6) is 0.305. The van der Waals surface area contributed by atoms with Crippen molar-refractivity contribution in [3.63, 3.8) is 0 Å². The molecule has 2 heterocycles. The maximum absolute atomic E-state index is 12.5. The summed E-state index contributed by atoms with van der Waals surface area (Å²) in [4.78, 5) is 30.3. The quantitative estimate of drug-likeness (QED) is 0.883. The summed E-state index contributed by atoms with van der Waals surface area (Å²) in [7, 11) is 1.82. The van der Waals surface area contributed by atoms with Crippen LogP contribution in [0.5, 0.6) is 0 Å². The van der Waals surface area contributed by atoms with Crippen LogP contribution in [-0.4, -0.2) is 73.0 Å². The predicted molar refractivity (Wildman–Crippen MR) is 97.4 cm³/mol. The third kappa shape index (κ3) is 4.44. The molecule has 0 saturated carbocycles. The molecule has 1 atom stereocenters. The highest BCUT2D eigenvalue weighted by molar-refractivity contribution is 6.31. The van der Waals surface area contributed by atoms with E-state index in [1.807, 2.05) is 41.1 Å². The standard InChI is InChI=1S/C18H25ClN4O2/c1-21(18(25)22-8-6-20-7-9-22)11-14-10-17(24)23(12-14)13-15-4-2-3-5-16(15)19/h2-5,14,20H,6-13H2,1H3. The van der Waals surface area contributed by atoms with Gasteiger partial charge < -0.3 is 20.0 Å². The first-order valence-electron chi connectivity index (χ1n) is 8.76. The van der Waals surface area contributed by atoms with Gasteiger partial charge in [-0.2, -0.15) is 0 Å². The van der Waals surface area contributed by atoms with Crippen LogP contribution in [0.2, 0.25) is 5.02 Å². The van der Waals surface area contributed by atoms with Crippen molar-refractivity contribution in [2.45, 2.75) is 13.0 Å². The lowest BCUT2D eigenvalue weighted by molar-refractivity contribution is -0.128. The van der Waals surface area contributed by atoms with E-state index >= 15 is 0 Å². The first kappa shape index (κ1) is 18.0. The summed E-state index contributed by atoms with van der Waals surface area (Å²) in [6.07, 6.45) is 0.490. The smallest absolute Gasteiger partial charge is 0.319 e. The van der Waals surface area contributed by atoms with Crippen LogP contribution >= 0.6 is 11.6 Å². The lowest BCUT2D eigenvalue weighted by atomic mass is 10.1. The molecule has 3 amide bonds. The minimum absolute atomic E-state index is 0.0542. The summed E-state index contributed by atoms with van der Waals surface area (Å²) >= 11 is 6.20. The minimum atomic E-state index is 0.0542. The van der Waals surface area contributed by atoms with Gasteiger partial charge in [0.05, 0.1) is 0 Å². The van der Waals surface area contributed by atoms with Crippen molar-refractivity contribution in [2.24, 2.45) is 5.92 Å². The Balaban J connectivity index is 1.53. The second-order valence-corrected chi connectivity index (χ2v) is 7.24. The molecule has 1 aromatic carbocycles. The van der Waals surface area contributed by atoms with Crippen LogP contribution in [0.3, 0.4) is 0 Å². The summed E-state index contributed by atoms with van der Waals surface area (Å²) in [5.41, 5.74) is 0.961. The van der Waals surface area contributed by atoms with Crippen molar-refractivity contribution >= 4 is 23.5 Å². The minimum Gasteiger partial charge on any atom is -0.338 e. The van der Waals surface area contributed by atoms with Crippen molar-refractivity contribution in [1.82, 2.24) is 20.0 Å². The van der Waals surface area contributed by atoms with E-state index in [-0.39, 0.29) is 17.9 Å². The topological polar surface area (TPSA) is 55.9 Å². The average molecular weight is 365 g/mol. The Kier molecular flexibility index (Phi) is 5.81. The summed E-state index contributed by atoms with van der Waals surface area (Å²) in [5, 5.41) is 3.93. The molecule has 2 aliphatic rings. The second-order valence-electron chi connectivity index (χ2n) is 6.84. The summed E-state index contributed by atoms with van der Waals surface area (Å²) in [6.45, 7) is 4.97. The van der Waals surface area contributed by atoms with Gasteiger partial charge in [0, 0.05) is 70.2 Å². The molecule has 1 aromatic rings. The normalized spacial score (nSPS) is 20.9. The number of rotatable bonds is 4. The van der Waals surface area contributed by atoms with Gasteiger partial charge in [0.15, 0.2) is 0 Å². The number of carbonyl (C=O) groups excluding carboxylic acids is 2. The zero-order chi connectivity index (χ0) is 17.8. The highest BCUT2D eigenvalue weighted by atomic mass is 35.5. The Morgan fingerprint density at radius 3 is 2.76 bits per heavy atom. The van der Waals surface area contributed by atoms with Crippen LogP contribution in [0, 0.1) is 5.92 Å². The predicted octanol–water partition coefficient (Wildman–Crippen LogP) is 1.65. The number of likely N-dealkylation sites (tertiary alicyclic amines) is 1. The van der Waals surface area contributed by atoms with Gasteiger partial charge >= 0.3 is 6.03 Å². The Bertz CT molecular complexity index is 633. The molecule has 6 nitrogen and oxygen atoms in total. The zero-order valence-corrected chi connectivity index (χ0v) is 15.3. The number of halogens is 1. The summed E-state index contributed by atoms with van der Waals surface area (Å²) in [6, 6.07) is 7.66. The second kappa shape index (κ2) is 8.06. The van der Waals surface area contributed by atoms with E-state index in [1.54, 1.807) is 4.90 Å². The molecule has 1 N–H and O–H groups in total. The number of amides is 3. The van der Waals surface area contributed by atoms with E-state index in [2.05, 4.69) is 5.32 Å². The molecule has 7 heteroatoms. The Hall–Kier alpha value is -1.79. The van der Waals surface area contributed by atoms with Crippen LogP contribution in [-0.2, 0) is 11.3 Å². The van der Waals surface area contributed by atoms with Crippen molar-refractivity contribution in [2.75, 3.05) is 46.3 Å². The number of hydrogen-bond acceptors (Lipinski definition) is 3. The van der Waals surface area contributed by atoms with E-state index < -0.39 is 0 Å². The number of nitrogens with one attached hydrogen (secondary N) is 1. The lowest BCUT2D eigenvalue weighted by Crippen LogP contribution is -2.51. The van der Waals surface area contributed by atoms with E-state index in [0.29, 0.717) is 31.1 Å². The van der Waals surface area contributed by atoms with E-state index in [4.69, 9.17) is 11.6 Å². The van der Waals surface area contributed by atoms with E-state index in [9.17, 15) is 9.59 Å². The lowest BCUT2D eigenvalue weighted by Gasteiger charge is -2.32. The number of piperazine rings is 1. The van der Waals surface area contributed by atoms with Gasteiger partial charge in [-0.1, -0.05) is 29.8 Å². The highest BCUT2D eigenvalue weighted by Crippen LogP contribution is 2.24. The number of benzene rings is 1. The maximum atomic E-state index is 12.5. The van der Waals surface area contributed by atoms with Crippen molar-refractivity contribution in [3.8, 4) is 0 Å². The molecule has 0 aliphatic carbocycles. The van der Waals surface area contributed by atoms with Gasteiger partial charge in [-0.25, -0.2) is 4.79 Å². The van der Waals surface area contributed by atoms with Gasteiger partial charge in [-0.3, -0.25) is 4.79 Å². The van der Waals surface area contributed by atoms with Gasteiger partial charge in [-0.15, -0.1) is 0 Å². The van der Waals surface area contributed by atoms with Gasteiger partial charge in [0.25, 0.3) is 0 Å². The molecule has 2 aliphatic heterocycles. The van der Waals surface area contributed by atoms with Crippen molar-refractivity contribution < 1.29 is 9.59 Å². The molecular formula is C18H25ClN4O2. The molecule has 2 saturated heterocycles. The number of nitrogens with zero attached hydrogens (tertiary/aromatic N) is 3. The van der Waals surface area contributed by atoms with Gasteiger partial charge in [-0.05, 0) is 11.6 Å². The summed E-state index contributed by atoms with van der Waals surface area (Å²) < 4.78 is 0. The fourth-order valence-corrected chi connectivity index (χ4v) is 3.72. The Morgan fingerprint density at radius 2 is 2.04 bits per heavy atom. The van der Waals surface area contributed by atoms with Crippen LogP contribution in [0.15, 0.2) is 24.3 Å².